The van der Waals surface area contributed by atoms with Gasteiger partial charge in [0.1, 0.15) is 0 Å². The Hall–Kier alpha value is -1.57. The lowest BCUT2D eigenvalue weighted by molar-refractivity contribution is -0.193. The first-order valence-electron chi connectivity index (χ1n) is 5.69. The molecule has 5 nitrogen and oxygen atoms in total. The van der Waals surface area contributed by atoms with Gasteiger partial charge in [-0.05, 0) is 18.3 Å². The molecule has 0 saturated heterocycles. The van der Waals surface area contributed by atoms with Crippen molar-refractivity contribution in [2.24, 2.45) is 23.7 Å². The van der Waals surface area contributed by atoms with Gasteiger partial charge in [0.05, 0.1) is 11.8 Å². The second-order valence-electron chi connectivity index (χ2n) is 4.71. The van der Waals surface area contributed by atoms with Gasteiger partial charge in [0.25, 0.3) is 0 Å². The molecule has 2 aliphatic rings. The zero-order valence-corrected chi connectivity index (χ0v) is 9.68. The maximum Gasteiger partial charge on any atom is 0.414 e. The second-order valence-corrected chi connectivity index (χ2v) is 4.71. The molecule has 0 aromatic heterocycles. The highest BCUT2D eigenvalue weighted by atomic mass is 19.4. The number of halogens is 3. The third-order valence-electron chi connectivity index (χ3n) is 3.46. The van der Waals surface area contributed by atoms with E-state index >= 15 is 0 Å². The Morgan fingerprint density at radius 1 is 1.26 bits per heavy atom. The molecule has 2 bridgehead atoms. The zero-order valence-electron chi connectivity index (χ0n) is 9.68. The molecule has 1 fully saturated rings. The van der Waals surface area contributed by atoms with Crippen molar-refractivity contribution in [3.63, 3.8) is 0 Å². The second kappa shape index (κ2) is 4.84. The summed E-state index contributed by atoms with van der Waals surface area (Å²) in [5, 5.41) is 9.07. The van der Waals surface area contributed by atoms with Crippen molar-refractivity contribution < 1.29 is 32.7 Å². The van der Waals surface area contributed by atoms with Gasteiger partial charge in [0, 0.05) is 0 Å². The monoisotopic (exact) mass is 279 g/mol. The average molecular weight is 279 g/mol. The van der Waals surface area contributed by atoms with Crippen LogP contribution in [-0.4, -0.2) is 29.8 Å². The van der Waals surface area contributed by atoms with Crippen molar-refractivity contribution in [3.05, 3.63) is 12.2 Å². The fourth-order valence-corrected chi connectivity index (χ4v) is 2.77. The number of nitrogens with one attached hydrogen (secondary N) is 1. The first-order chi connectivity index (χ1) is 8.79. The molecule has 0 aliphatic heterocycles. The smallest absolute Gasteiger partial charge is 0.414 e. The summed E-state index contributed by atoms with van der Waals surface area (Å²) in [5.41, 5.74) is 1.69. The number of fused-ring (bicyclic) bond motifs is 2. The van der Waals surface area contributed by atoms with E-state index < -0.39 is 36.5 Å². The highest BCUT2D eigenvalue weighted by molar-refractivity contribution is 5.86. The molecule has 106 valence electrons. The number of amides is 1. The SMILES string of the molecule is O=C(O)C1C2C=CC(C2)C1C(=O)NOCC(F)(F)F. The van der Waals surface area contributed by atoms with Crippen molar-refractivity contribution in [2.45, 2.75) is 12.6 Å². The predicted molar refractivity (Wildman–Crippen MR) is 55.5 cm³/mol. The molecule has 0 radical (unpaired) electrons. The number of hydrogen-bond donors (Lipinski definition) is 2. The summed E-state index contributed by atoms with van der Waals surface area (Å²) in [6.07, 6.45) is -0.537. The fraction of sp³-hybridized carbons (Fsp3) is 0.636. The van der Waals surface area contributed by atoms with Crippen LogP contribution in [-0.2, 0) is 14.4 Å². The number of rotatable bonds is 4. The van der Waals surface area contributed by atoms with Crippen LogP contribution in [0.3, 0.4) is 0 Å². The number of carboxylic acid groups (broad SMARTS) is 1. The molecule has 8 heteroatoms. The molecular formula is C11H12F3NO4. The predicted octanol–water partition coefficient (Wildman–Crippen LogP) is 1.12. The average Bonchev–Trinajstić information content (AvgIpc) is 2.85. The van der Waals surface area contributed by atoms with Gasteiger partial charge >= 0.3 is 12.1 Å². The van der Waals surface area contributed by atoms with Crippen molar-refractivity contribution >= 4 is 11.9 Å². The maximum atomic E-state index is 11.9. The summed E-state index contributed by atoms with van der Waals surface area (Å²) in [5.74, 6) is -4.19. The van der Waals surface area contributed by atoms with Crippen LogP contribution in [0.2, 0.25) is 0 Å². The summed E-state index contributed by atoms with van der Waals surface area (Å²) in [7, 11) is 0. The van der Waals surface area contributed by atoms with Crippen molar-refractivity contribution in [1.82, 2.24) is 5.48 Å². The Bertz CT molecular complexity index is 421. The zero-order chi connectivity index (χ0) is 14.2. The van der Waals surface area contributed by atoms with Gasteiger partial charge in [-0.25, -0.2) is 5.48 Å². The van der Waals surface area contributed by atoms with E-state index in [0.29, 0.717) is 6.42 Å². The molecular weight excluding hydrogens is 267 g/mol. The Labute approximate surface area is 106 Å². The van der Waals surface area contributed by atoms with E-state index in [1.54, 1.807) is 17.6 Å². The minimum Gasteiger partial charge on any atom is -0.481 e. The first kappa shape index (κ1) is 13.9. The topological polar surface area (TPSA) is 75.6 Å². The molecule has 0 aromatic carbocycles. The van der Waals surface area contributed by atoms with Crippen LogP contribution in [0.5, 0.6) is 0 Å². The Morgan fingerprint density at radius 2 is 1.84 bits per heavy atom. The fourth-order valence-electron chi connectivity index (χ4n) is 2.77. The summed E-state index contributed by atoms with van der Waals surface area (Å²) < 4.78 is 35.6. The molecule has 1 amide bonds. The number of hydroxylamine groups is 1. The van der Waals surface area contributed by atoms with Crippen molar-refractivity contribution in [1.29, 1.82) is 0 Å². The minimum atomic E-state index is -4.55. The number of carbonyl (C=O) groups excluding carboxylic acids is 1. The van der Waals surface area contributed by atoms with E-state index in [4.69, 9.17) is 5.11 Å². The number of alkyl halides is 3. The number of allylic oxidation sites excluding steroid dienone is 2. The Kier molecular flexibility index (Phi) is 3.53. The molecule has 4 atom stereocenters. The molecule has 4 unspecified atom stereocenters. The summed E-state index contributed by atoms with van der Waals surface area (Å²) in [6, 6.07) is 0. The number of carboxylic acids is 1. The lowest BCUT2D eigenvalue weighted by Crippen LogP contribution is -2.41. The Morgan fingerprint density at radius 3 is 2.37 bits per heavy atom. The lowest BCUT2D eigenvalue weighted by atomic mass is 9.82. The molecule has 19 heavy (non-hydrogen) atoms. The van der Waals surface area contributed by atoms with Crippen LogP contribution in [0.1, 0.15) is 6.42 Å². The van der Waals surface area contributed by atoms with Crippen molar-refractivity contribution in [3.8, 4) is 0 Å². The maximum absolute atomic E-state index is 11.9. The lowest BCUT2D eigenvalue weighted by Gasteiger charge is -2.23. The van der Waals surface area contributed by atoms with Gasteiger partial charge in [-0.1, -0.05) is 12.2 Å². The highest BCUT2D eigenvalue weighted by Gasteiger charge is 2.51. The molecule has 0 aromatic rings. The normalized spacial score (nSPS) is 32.6. The summed E-state index contributed by atoms with van der Waals surface area (Å²) >= 11 is 0. The third kappa shape index (κ3) is 2.89. The van der Waals surface area contributed by atoms with E-state index in [9.17, 15) is 22.8 Å². The first-order valence-corrected chi connectivity index (χ1v) is 5.69. The number of aliphatic carboxylic acids is 1. The van der Waals surface area contributed by atoms with E-state index in [1.165, 1.54) is 0 Å². The molecule has 2 N–H and O–H groups in total. The van der Waals surface area contributed by atoms with Gasteiger partial charge in [-0.15, -0.1) is 0 Å². The van der Waals surface area contributed by atoms with Crippen LogP contribution in [0.25, 0.3) is 0 Å². The molecule has 2 aliphatic carbocycles. The van der Waals surface area contributed by atoms with E-state index in [2.05, 4.69) is 4.84 Å². The van der Waals surface area contributed by atoms with E-state index in [1.807, 2.05) is 0 Å². The van der Waals surface area contributed by atoms with Gasteiger partial charge < -0.3 is 5.11 Å². The van der Waals surface area contributed by atoms with Gasteiger partial charge in [0.2, 0.25) is 5.91 Å². The van der Waals surface area contributed by atoms with E-state index in [-0.39, 0.29) is 11.8 Å². The van der Waals surface area contributed by atoms with Crippen molar-refractivity contribution in [2.75, 3.05) is 6.61 Å². The standard InChI is InChI=1S/C11H12F3NO4/c12-11(13,14)4-19-15-9(16)7-5-1-2-6(3-5)8(7)10(17)18/h1-2,5-8H,3-4H2,(H,15,16)(H,17,18). The molecule has 2 rings (SSSR count). The number of carbonyl (C=O) groups is 2. The van der Waals surface area contributed by atoms with Crippen LogP contribution in [0, 0.1) is 23.7 Å². The third-order valence-corrected chi connectivity index (χ3v) is 3.46. The molecule has 1 saturated carbocycles. The molecule has 0 spiro atoms. The summed E-state index contributed by atoms with van der Waals surface area (Å²) in [4.78, 5) is 26.9. The quantitative estimate of drug-likeness (QED) is 0.597. The highest BCUT2D eigenvalue weighted by Crippen LogP contribution is 2.48. The van der Waals surface area contributed by atoms with Crippen LogP contribution in [0.4, 0.5) is 13.2 Å². The minimum absolute atomic E-state index is 0.235. The van der Waals surface area contributed by atoms with Gasteiger partial charge in [-0.3, -0.25) is 14.4 Å². The van der Waals surface area contributed by atoms with Crippen LogP contribution >= 0.6 is 0 Å². The van der Waals surface area contributed by atoms with E-state index in [0.717, 1.165) is 0 Å². The largest absolute Gasteiger partial charge is 0.481 e. The van der Waals surface area contributed by atoms with Gasteiger partial charge in [-0.2, -0.15) is 13.2 Å². The van der Waals surface area contributed by atoms with Crippen LogP contribution in [0.15, 0.2) is 12.2 Å². The van der Waals surface area contributed by atoms with Crippen LogP contribution < -0.4 is 5.48 Å². The molecule has 0 heterocycles. The summed E-state index contributed by atoms with van der Waals surface area (Å²) in [6.45, 7) is -1.60. The Balaban J connectivity index is 1.95. The number of hydrogen-bond acceptors (Lipinski definition) is 3. The van der Waals surface area contributed by atoms with Gasteiger partial charge in [0.15, 0.2) is 6.61 Å².